The lowest BCUT2D eigenvalue weighted by atomic mass is 10.1. The Hall–Kier alpha value is -2.21. The summed E-state index contributed by atoms with van der Waals surface area (Å²) in [6.07, 6.45) is 0. The van der Waals surface area contributed by atoms with Crippen molar-refractivity contribution in [3.05, 3.63) is 68.9 Å². The number of benzene rings is 2. The minimum Gasteiger partial charge on any atom is -0.267 e. The summed E-state index contributed by atoms with van der Waals surface area (Å²) < 4.78 is 14.2. The van der Waals surface area contributed by atoms with Gasteiger partial charge < -0.3 is 0 Å². The number of hydrogen-bond donors (Lipinski definition) is 2. The predicted molar refractivity (Wildman–Crippen MR) is 84.9 cm³/mol. The van der Waals surface area contributed by atoms with Crippen molar-refractivity contribution in [2.24, 2.45) is 0 Å². The molecule has 0 saturated carbocycles. The number of halogens is 2. The van der Waals surface area contributed by atoms with Gasteiger partial charge >= 0.3 is 0 Å². The SMILES string of the molecule is Cc1ccc(C(=O)NNC(=O)c2ccc(Br)cc2F)c(C)c1. The van der Waals surface area contributed by atoms with Crippen LogP contribution in [0.4, 0.5) is 4.39 Å². The second-order valence-corrected chi connectivity index (χ2v) is 5.77. The van der Waals surface area contributed by atoms with Crippen LogP contribution in [-0.4, -0.2) is 11.8 Å². The normalized spacial score (nSPS) is 10.2. The summed E-state index contributed by atoms with van der Waals surface area (Å²) in [7, 11) is 0. The quantitative estimate of drug-likeness (QED) is 0.803. The van der Waals surface area contributed by atoms with Crippen molar-refractivity contribution in [2.45, 2.75) is 13.8 Å². The second-order valence-electron chi connectivity index (χ2n) is 4.85. The predicted octanol–water partition coefficient (Wildman–Crippen LogP) is 3.28. The maximum atomic E-state index is 13.7. The molecule has 0 aromatic heterocycles. The van der Waals surface area contributed by atoms with Gasteiger partial charge in [0.25, 0.3) is 11.8 Å². The molecule has 0 unspecified atom stereocenters. The first-order valence-corrected chi connectivity index (χ1v) is 7.31. The highest BCUT2D eigenvalue weighted by atomic mass is 79.9. The molecular weight excluding hydrogens is 351 g/mol. The standard InChI is InChI=1S/C16H14BrFN2O2/c1-9-3-5-12(10(2)7-9)15(21)19-20-16(22)13-6-4-11(17)8-14(13)18/h3-8H,1-2H3,(H,19,21)(H,20,22). The summed E-state index contributed by atoms with van der Waals surface area (Å²) in [6.45, 7) is 3.73. The van der Waals surface area contributed by atoms with Crippen LogP contribution in [-0.2, 0) is 0 Å². The first-order chi connectivity index (χ1) is 10.4. The molecule has 0 saturated heterocycles. The van der Waals surface area contributed by atoms with Gasteiger partial charge in [-0.2, -0.15) is 0 Å². The third kappa shape index (κ3) is 3.71. The highest BCUT2D eigenvalue weighted by molar-refractivity contribution is 9.10. The van der Waals surface area contributed by atoms with E-state index in [2.05, 4.69) is 26.8 Å². The van der Waals surface area contributed by atoms with Crippen LogP contribution >= 0.6 is 15.9 Å². The fourth-order valence-corrected chi connectivity index (χ4v) is 2.32. The molecule has 22 heavy (non-hydrogen) atoms. The van der Waals surface area contributed by atoms with Crippen LogP contribution in [0.5, 0.6) is 0 Å². The van der Waals surface area contributed by atoms with Crippen molar-refractivity contribution in [3.8, 4) is 0 Å². The molecule has 2 aromatic rings. The maximum absolute atomic E-state index is 13.7. The van der Waals surface area contributed by atoms with Gasteiger partial charge in [0.2, 0.25) is 0 Å². The van der Waals surface area contributed by atoms with E-state index in [1.807, 2.05) is 13.0 Å². The Morgan fingerprint density at radius 1 is 0.955 bits per heavy atom. The van der Waals surface area contributed by atoms with E-state index in [0.29, 0.717) is 10.0 Å². The van der Waals surface area contributed by atoms with E-state index >= 15 is 0 Å². The Bertz CT molecular complexity index is 683. The third-order valence-electron chi connectivity index (χ3n) is 3.09. The van der Waals surface area contributed by atoms with Gasteiger partial charge in [0.05, 0.1) is 5.56 Å². The molecule has 0 aliphatic heterocycles. The van der Waals surface area contributed by atoms with Crippen LogP contribution in [0.1, 0.15) is 31.8 Å². The summed E-state index contributed by atoms with van der Waals surface area (Å²) >= 11 is 3.11. The van der Waals surface area contributed by atoms with Gasteiger partial charge in [-0.05, 0) is 43.7 Å². The van der Waals surface area contributed by atoms with Crippen molar-refractivity contribution in [1.82, 2.24) is 10.9 Å². The van der Waals surface area contributed by atoms with Crippen LogP contribution in [0.25, 0.3) is 0 Å². The number of carbonyl (C=O) groups excluding carboxylic acids is 2. The molecule has 0 bridgehead atoms. The van der Waals surface area contributed by atoms with E-state index in [9.17, 15) is 14.0 Å². The van der Waals surface area contributed by atoms with Crippen molar-refractivity contribution in [3.63, 3.8) is 0 Å². The zero-order chi connectivity index (χ0) is 16.3. The van der Waals surface area contributed by atoms with E-state index in [0.717, 1.165) is 11.1 Å². The lowest BCUT2D eigenvalue weighted by Gasteiger charge is -2.10. The molecule has 0 heterocycles. The fourth-order valence-electron chi connectivity index (χ4n) is 1.99. The van der Waals surface area contributed by atoms with Gasteiger partial charge in [0.15, 0.2) is 0 Å². The summed E-state index contributed by atoms with van der Waals surface area (Å²) in [5.41, 5.74) is 6.62. The number of hydrogen-bond acceptors (Lipinski definition) is 2. The first-order valence-electron chi connectivity index (χ1n) is 6.51. The molecule has 0 fully saturated rings. The van der Waals surface area contributed by atoms with Gasteiger partial charge in [0.1, 0.15) is 5.82 Å². The zero-order valence-corrected chi connectivity index (χ0v) is 13.6. The van der Waals surface area contributed by atoms with E-state index in [-0.39, 0.29) is 5.56 Å². The highest BCUT2D eigenvalue weighted by Gasteiger charge is 2.14. The molecule has 0 aliphatic rings. The molecule has 0 spiro atoms. The van der Waals surface area contributed by atoms with Crippen molar-refractivity contribution in [2.75, 3.05) is 0 Å². The molecule has 2 amide bonds. The largest absolute Gasteiger partial charge is 0.272 e. The number of carbonyl (C=O) groups is 2. The molecule has 2 rings (SSSR count). The monoisotopic (exact) mass is 364 g/mol. The highest BCUT2D eigenvalue weighted by Crippen LogP contribution is 2.15. The molecular formula is C16H14BrFN2O2. The van der Waals surface area contributed by atoms with Crippen LogP contribution in [0, 0.1) is 19.7 Å². The molecule has 114 valence electrons. The van der Waals surface area contributed by atoms with E-state index in [4.69, 9.17) is 0 Å². The summed E-state index contributed by atoms with van der Waals surface area (Å²) in [5, 5.41) is 0. The van der Waals surface area contributed by atoms with Gasteiger partial charge in [-0.25, -0.2) is 4.39 Å². The van der Waals surface area contributed by atoms with Crippen molar-refractivity contribution in [1.29, 1.82) is 0 Å². The lowest BCUT2D eigenvalue weighted by Crippen LogP contribution is -2.42. The minimum absolute atomic E-state index is 0.149. The Morgan fingerprint density at radius 2 is 1.55 bits per heavy atom. The molecule has 0 aliphatic carbocycles. The van der Waals surface area contributed by atoms with E-state index < -0.39 is 17.6 Å². The summed E-state index contributed by atoms with van der Waals surface area (Å²) in [5.74, 6) is -1.85. The van der Waals surface area contributed by atoms with Crippen molar-refractivity contribution >= 4 is 27.7 Å². The Labute approximate surface area is 135 Å². The topological polar surface area (TPSA) is 58.2 Å². The summed E-state index contributed by atoms with van der Waals surface area (Å²) in [4.78, 5) is 23.9. The van der Waals surface area contributed by atoms with Crippen LogP contribution < -0.4 is 10.9 Å². The smallest absolute Gasteiger partial charge is 0.267 e. The van der Waals surface area contributed by atoms with E-state index in [1.165, 1.54) is 12.1 Å². The van der Waals surface area contributed by atoms with E-state index in [1.54, 1.807) is 25.1 Å². The van der Waals surface area contributed by atoms with Crippen LogP contribution in [0.15, 0.2) is 40.9 Å². The molecule has 2 aromatic carbocycles. The number of amides is 2. The van der Waals surface area contributed by atoms with Gasteiger partial charge in [-0.1, -0.05) is 33.6 Å². The zero-order valence-electron chi connectivity index (χ0n) is 12.0. The molecule has 4 nitrogen and oxygen atoms in total. The Balaban J connectivity index is 2.06. The van der Waals surface area contributed by atoms with Gasteiger partial charge in [-0.15, -0.1) is 0 Å². The maximum Gasteiger partial charge on any atom is 0.272 e. The number of aryl methyl sites for hydroxylation is 2. The summed E-state index contributed by atoms with van der Waals surface area (Å²) in [6, 6.07) is 9.40. The molecule has 2 N–H and O–H groups in total. The average Bonchev–Trinajstić information content (AvgIpc) is 2.44. The van der Waals surface area contributed by atoms with Crippen molar-refractivity contribution < 1.29 is 14.0 Å². The molecule has 0 atom stereocenters. The second kappa shape index (κ2) is 6.70. The van der Waals surface area contributed by atoms with Crippen LogP contribution in [0.3, 0.4) is 0 Å². The van der Waals surface area contributed by atoms with Crippen LogP contribution in [0.2, 0.25) is 0 Å². The molecule has 6 heteroatoms. The van der Waals surface area contributed by atoms with Gasteiger partial charge in [0, 0.05) is 10.0 Å². The number of rotatable bonds is 2. The van der Waals surface area contributed by atoms with Gasteiger partial charge in [-0.3, -0.25) is 20.4 Å². The average molecular weight is 365 g/mol. The Morgan fingerprint density at radius 3 is 2.14 bits per heavy atom. The third-order valence-corrected chi connectivity index (χ3v) is 3.59. The lowest BCUT2D eigenvalue weighted by molar-refractivity contribution is 0.0844. The first kappa shape index (κ1) is 16.2. The fraction of sp³-hybridized carbons (Fsp3) is 0.125. The number of nitrogens with one attached hydrogen (secondary N) is 2. The number of hydrazine groups is 1. The molecule has 0 radical (unpaired) electrons. The minimum atomic E-state index is -0.719. The Kier molecular flexibility index (Phi) is 4.92.